The summed E-state index contributed by atoms with van der Waals surface area (Å²) in [6, 6.07) is 12.8. The zero-order valence-electron chi connectivity index (χ0n) is 17.3. The van der Waals surface area contributed by atoms with E-state index in [1.807, 2.05) is 0 Å². The van der Waals surface area contributed by atoms with Crippen molar-refractivity contribution in [1.29, 1.82) is 0 Å². The SMILES string of the molecule is COC(=O)Nc1ccc(S(=O)(=O)N2CCC[C@H](C(=O)Nc3cccc(OC)c3)C2)cc1. The molecule has 166 valence electrons. The highest BCUT2D eigenvalue weighted by Crippen LogP contribution is 2.26. The first-order valence-corrected chi connectivity index (χ1v) is 11.2. The Kier molecular flexibility index (Phi) is 7.13. The van der Waals surface area contributed by atoms with Gasteiger partial charge in [-0.05, 0) is 49.2 Å². The number of hydrogen-bond acceptors (Lipinski definition) is 6. The number of amides is 2. The quantitative estimate of drug-likeness (QED) is 0.704. The molecule has 3 rings (SSSR count). The van der Waals surface area contributed by atoms with Gasteiger partial charge in [-0.25, -0.2) is 13.2 Å². The summed E-state index contributed by atoms with van der Waals surface area (Å²) in [5.74, 6) is -0.0726. The Morgan fingerprint density at radius 1 is 1.03 bits per heavy atom. The lowest BCUT2D eigenvalue weighted by Crippen LogP contribution is -2.43. The fourth-order valence-electron chi connectivity index (χ4n) is 3.35. The molecule has 9 nitrogen and oxygen atoms in total. The molecule has 2 aromatic rings. The van der Waals surface area contributed by atoms with Crippen LogP contribution in [0.3, 0.4) is 0 Å². The van der Waals surface area contributed by atoms with Crippen molar-refractivity contribution in [2.45, 2.75) is 17.7 Å². The number of carbonyl (C=O) groups is 2. The van der Waals surface area contributed by atoms with Gasteiger partial charge < -0.3 is 14.8 Å². The summed E-state index contributed by atoms with van der Waals surface area (Å²) in [5.41, 5.74) is 1.01. The van der Waals surface area contributed by atoms with Gasteiger partial charge in [-0.3, -0.25) is 10.1 Å². The Balaban J connectivity index is 1.68. The number of ether oxygens (including phenoxy) is 2. The second-order valence-corrected chi connectivity index (χ2v) is 9.00. The van der Waals surface area contributed by atoms with Gasteiger partial charge in [-0.2, -0.15) is 4.31 Å². The van der Waals surface area contributed by atoms with Gasteiger partial charge in [0.25, 0.3) is 0 Å². The van der Waals surface area contributed by atoms with Crippen LogP contribution in [0.4, 0.5) is 16.2 Å². The summed E-state index contributed by atoms with van der Waals surface area (Å²) in [5, 5.41) is 5.31. The summed E-state index contributed by atoms with van der Waals surface area (Å²) in [7, 11) is -0.987. The molecule has 1 fully saturated rings. The number of sulfonamides is 1. The Hall–Kier alpha value is -3.11. The average molecular weight is 448 g/mol. The number of rotatable bonds is 6. The van der Waals surface area contributed by atoms with Crippen molar-refractivity contribution in [2.75, 3.05) is 37.9 Å². The first-order chi connectivity index (χ1) is 14.8. The zero-order valence-corrected chi connectivity index (χ0v) is 18.1. The number of hydrogen-bond donors (Lipinski definition) is 2. The minimum absolute atomic E-state index is 0.0942. The Bertz CT molecular complexity index is 1040. The van der Waals surface area contributed by atoms with Crippen LogP contribution in [-0.2, 0) is 19.6 Å². The molecule has 1 aliphatic rings. The van der Waals surface area contributed by atoms with E-state index in [-0.39, 0.29) is 17.3 Å². The first kappa shape index (κ1) is 22.6. The third-order valence-electron chi connectivity index (χ3n) is 5.02. The van der Waals surface area contributed by atoms with Crippen LogP contribution in [0.1, 0.15) is 12.8 Å². The van der Waals surface area contributed by atoms with Crippen molar-refractivity contribution in [3.63, 3.8) is 0 Å². The topological polar surface area (TPSA) is 114 Å². The van der Waals surface area contributed by atoms with Crippen LogP contribution in [0, 0.1) is 5.92 Å². The maximum absolute atomic E-state index is 13.1. The van der Waals surface area contributed by atoms with Crippen LogP contribution in [0.5, 0.6) is 5.75 Å². The van der Waals surface area contributed by atoms with E-state index in [1.165, 1.54) is 35.7 Å². The Labute approximate surface area is 181 Å². The van der Waals surface area contributed by atoms with Gasteiger partial charge in [0.2, 0.25) is 15.9 Å². The molecule has 0 unspecified atom stereocenters. The summed E-state index contributed by atoms with van der Waals surface area (Å²) in [6.07, 6.45) is 0.540. The number of nitrogens with zero attached hydrogens (tertiary/aromatic N) is 1. The molecular weight excluding hydrogens is 422 g/mol. The molecular formula is C21H25N3O6S. The molecule has 1 heterocycles. The zero-order chi connectivity index (χ0) is 22.4. The lowest BCUT2D eigenvalue weighted by atomic mass is 9.98. The smallest absolute Gasteiger partial charge is 0.411 e. The average Bonchev–Trinajstić information content (AvgIpc) is 2.79. The monoisotopic (exact) mass is 447 g/mol. The van der Waals surface area contributed by atoms with Gasteiger partial charge >= 0.3 is 6.09 Å². The van der Waals surface area contributed by atoms with Crippen LogP contribution in [0.2, 0.25) is 0 Å². The highest BCUT2D eigenvalue weighted by molar-refractivity contribution is 7.89. The summed E-state index contributed by atoms with van der Waals surface area (Å²) in [4.78, 5) is 24.1. The number of nitrogens with one attached hydrogen (secondary N) is 2. The van der Waals surface area contributed by atoms with Gasteiger partial charge in [0.05, 0.1) is 25.0 Å². The lowest BCUT2D eigenvalue weighted by molar-refractivity contribution is -0.120. The van der Waals surface area contributed by atoms with E-state index in [0.29, 0.717) is 36.5 Å². The second-order valence-electron chi connectivity index (χ2n) is 7.06. The largest absolute Gasteiger partial charge is 0.497 e. The Morgan fingerprint density at radius 3 is 2.45 bits per heavy atom. The van der Waals surface area contributed by atoms with E-state index in [1.54, 1.807) is 31.4 Å². The fraction of sp³-hybridized carbons (Fsp3) is 0.333. The van der Waals surface area contributed by atoms with Crippen molar-refractivity contribution in [1.82, 2.24) is 4.31 Å². The molecule has 1 atom stereocenters. The number of methoxy groups -OCH3 is 2. The van der Waals surface area contributed by atoms with Crippen molar-refractivity contribution in [2.24, 2.45) is 5.92 Å². The predicted octanol–water partition coefficient (Wildman–Crippen LogP) is 2.91. The number of benzene rings is 2. The minimum atomic E-state index is -3.77. The normalized spacial score (nSPS) is 16.9. The van der Waals surface area contributed by atoms with Gasteiger partial charge in [0, 0.05) is 30.5 Å². The van der Waals surface area contributed by atoms with E-state index in [4.69, 9.17) is 4.74 Å². The molecule has 10 heteroatoms. The molecule has 2 aromatic carbocycles. The van der Waals surface area contributed by atoms with E-state index < -0.39 is 22.0 Å². The van der Waals surface area contributed by atoms with Crippen molar-refractivity contribution in [3.05, 3.63) is 48.5 Å². The van der Waals surface area contributed by atoms with E-state index in [0.717, 1.165) is 0 Å². The molecule has 0 aliphatic carbocycles. The van der Waals surface area contributed by atoms with Crippen molar-refractivity contribution < 1.29 is 27.5 Å². The van der Waals surface area contributed by atoms with Crippen LogP contribution in [0.15, 0.2) is 53.4 Å². The summed E-state index contributed by atoms with van der Waals surface area (Å²) >= 11 is 0. The van der Waals surface area contributed by atoms with E-state index in [9.17, 15) is 18.0 Å². The molecule has 0 radical (unpaired) electrons. The summed E-state index contributed by atoms with van der Waals surface area (Å²) < 4.78 is 37.1. The number of piperidine rings is 1. The summed E-state index contributed by atoms with van der Waals surface area (Å²) in [6.45, 7) is 0.438. The highest BCUT2D eigenvalue weighted by atomic mass is 32.2. The van der Waals surface area contributed by atoms with Crippen LogP contribution in [-0.4, -0.2) is 52.0 Å². The fourth-order valence-corrected chi connectivity index (χ4v) is 4.87. The van der Waals surface area contributed by atoms with E-state index in [2.05, 4.69) is 15.4 Å². The number of carbonyl (C=O) groups excluding carboxylic acids is 2. The number of anilines is 2. The van der Waals surface area contributed by atoms with Gasteiger partial charge in [-0.1, -0.05) is 6.07 Å². The molecule has 2 amide bonds. The van der Waals surface area contributed by atoms with Crippen LogP contribution >= 0.6 is 0 Å². The van der Waals surface area contributed by atoms with Crippen molar-refractivity contribution in [3.8, 4) is 5.75 Å². The molecule has 0 bridgehead atoms. The third kappa shape index (κ3) is 5.53. The highest BCUT2D eigenvalue weighted by Gasteiger charge is 2.33. The second kappa shape index (κ2) is 9.80. The van der Waals surface area contributed by atoms with Gasteiger partial charge in [-0.15, -0.1) is 0 Å². The third-order valence-corrected chi connectivity index (χ3v) is 6.90. The predicted molar refractivity (Wildman–Crippen MR) is 116 cm³/mol. The first-order valence-electron chi connectivity index (χ1n) is 9.73. The van der Waals surface area contributed by atoms with Crippen LogP contribution < -0.4 is 15.4 Å². The molecule has 1 aliphatic heterocycles. The van der Waals surface area contributed by atoms with Crippen molar-refractivity contribution >= 4 is 33.4 Å². The molecule has 0 spiro atoms. The molecule has 1 saturated heterocycles. The lowest BCUT2D eigenvalue weighted by Gasteiger charge is -2.31. The molecule has 31 heavy (non-hydrogen) atoms. The molecule has 2 N–H and O–H groups in total. The molecule has 0 aromatic heterocycles. The minimum Gasteiger partial charge on any atom is -0.497 e. The van der Waals surface area contributed by atoms with Gasteiger partial charge in [0.15, 0.2) is 0 Å². The maximum Gasteiger partial charge on any atom is 0.411 e. The maximum atomic E-state index is 13.1. The molecule has 0 saturated carbocycles. The standard InChI is InChI=1S/C21H25N3O6S/c1-29-18-7-3-6-17(13-18)22-20(25)15-5-4-12-24(14-15)31(27,28)19-10-8-16(9-11-19)23-21(26)30-2/h3,6-11,13,15H,4-5,12,14H2,1-2H3,(H,22,25)(H,23,26)/t15-/m0/s1. The van der Waals surface area contributed by atoms with E-state index >= 15 is 0 Å². The Morgan fingerprint density at radius 2 is 1.77 bits per heavy atom. The van der Waals surface area contributed by atoms with Crippen LogP contribution in [0.25, 0.3) is 0 Å². The van der Waals surface area contributed by atoms with Gasteiger partial charge in [0.1, 0.15) is 5.75 Å².